The lowest BCUT2D eigenvalue weighted by atomic mass is 9.87. The zero-order chi connectivity index (χ0) is 24.5. The number of nitrogens with zero attached hydrogens (tertiary/aromatic N) is 5. The zero-order valence-electron chi connectivity index (χ0n) is 19.0. The number of halogens is 3. The van der Waals surface area contributed by atoms with Crippen LogP contribution in [-0.2, 0) is 0 Å². The van der Waals surface area contributed by atoms with Gasteiger partial charge in [-0.25, -0.2) is 9.37 Å². The maximum atomic E-state index is 14.7. The summed E-state index contributed by atoms with van der Waals surface area (Å²) >= 11 is 0. The van der Waals surface area contributed by atoms with Crippen molar-refractivity contribution in [3.8, 4) is 23.0 Å². The summed E-state index contributed by atoms with van der Waals surface area (Å²) in [5.41, 5.74) is 0.395. The van der Waals surface area contributed by atoms with Crippen LogP contribution in [0.2, 0.25) is 0 Å². The Bertz CT molecular complexity index is 1320. The number of hydrogen-bond acceptors (Lipinski definition) is 8. The summed E-state index contributed by atoms with van der Waals surface area (Å²) in [4.78, 5) is 13.3. The van der Waals surface area contributed by atoms with Gasteiger partial charge in [0.1, 0.15) is 23.1 Å². The Kier molecular flexibility index (Phi) is 6.27. The molecule has 0 amide bonds. The van der Waals surface area contributed by atoms with Crippen LogP contribution in [0.4, 0.5) is 13.2 Å². The number of benzene rings is 1. The minimum atomic E-state index is -3.05. The molecule has 4 aromatic rings. The number of aromatic amines is 1. The van der Waals surface area contributed by atoms with E-state index in [2.05, 4.69) is 35.0 Å². The molecule has 0 aliphatic heterocycles. The molecule has 5 rings (SSSR count). The number of rotatable bonds is 7. The second-order valence-corrected chi connectivity index (χ2v) is 8.74. The lowest BCUT2D eigenvalue weighted by molar-refractivity contribution is -0.0499. The normalized spacial score (nSPS) is 18.5. The molecule has 0 spiro atoms. The Morgan fingerprint density at radius 3 is 2.57 bits per heavy atom. The van der Waals surface area contributed by atoms with Crippen LogP contribution in [0.15, 0.2) is 28.9 Å². The van der Waals surface area contributed by atoms with Crippen molar-refractivity contribution < 1.29 is 27.2 Å². The number of alkyl halides is 2. The molecule has 1 N–H and O–H groups in total. The van der Waals surface area contributed by atoms with Crippen molar-refractivity contribution in [3.63, 3.8) is 0 Å². The molecule has 1 aliphatic rings. The average molecular weight is 488 g/mol. The lowest BCUT2D eigenvalue weighted by Crippen LogP contribution is -2.24. The fourth-order valence-electron chi connectivity index (χ4n) is 4.11. The van der Waals surface area contributed by atoms with Crippen LogP contribution in [0, 0.1) is 5.82 Å². The molecular weight excluding hydrogens is 465 g/mol. The predicted molar refractivity (Wildman–Crippen MR) is 118 cm³/mol. The van der Waals surface area contributed by atoms with E-state index in [-0.39, 0.29) is 41.0 Å². The molecule has 1 saturated carbocycles. The van der Waals surface area contributed by atoms with Gasteiger partial charge in [-0.3, -0.25) is 5.10 Å². The molecule has 0 atom stereocenters. The Morgan fingerprint density at radius 1 is 1.09 bits per heavy atom. The first kappa shape index (κ1) is 23.1. The molecule has 0 bridgehead atoms. The quantitative estimate of drug-likeness (QED) is 0.369. The summed E-state index contributed by atoms with van der Waals surface area (Å²) in [5.74, 6) is 0.960. The number of fused-ring (bicyclic) bond motifs is 1. The summed E-state index contributed by atoms with van der Waals surface area (Å²) in [7, 11) is 0. The van der Waals surface area contributed by atoms with Gasteiger partial charge in [-0.05, 0) is 37.8 Å². The Hall–Kier alpha value is -3.70. The van der Waals surface area contributed by atoms with Crippen molar-refractivity contribution in [2.75, 3.05) is 0 Å². The van der Waals surface area contributed by atoms with Crippen molar-refractivity contribution in [1.82, 2.24) is 30.3 Å². The number of aromatic nitrogens is 6. The van der Waals surface area contributed by atoms with Crippen LogP contribution in [0.3, 0.4) is 0 Å². The minimum absolute atomic E-state index is 0.0222. The third-order valence-electron chi connectivity index (χ3n) is 5.96. The van der Waals surface area contributed by atoms with Crippen molar-refractivity contribution in [1.29, 1.82) is 0 Å². The summed E-state index contributed by atoms with van der Waals surface area (Å²) in [6.07, 6.45) is 4.55. The van der Waals surface area contributed by atoms with E-state index in [0.717, 1.165) is 31.7 Å². The number of nitrogens with one attached hydrogen (secondary N) is 1. The molecule has 0 unspecified atom stereocenters. The van der Waals surface area contributed by atoms with Crippen LogP contribution >= 0.6 is 0 Å². The standard InChI is InChI=1S/C23H23F3N6O3/c1-11(2)18-29-21(35-32-18)12-3-5-13(6-4-12)33-22-16-10-27-31-20(16)28-19(30-22)15-8-7-14(9-17(15)24)34-23(25)26/h7-13,23H,3-6H2,1-2H3,(H,27,28,30,31). The van der Waals surface area contributed by atoms with Gasteiger partial charge in [0.2, 0.25) is 11.8 Å². The van der Waals surface area contributed by atoms with E-state index in [1.54, 1.807) is 6.20 Å². The first-order chi connectivity index (χ1) is 16.9. The average Bonchev–Trinajstić information content (AvgIpc) is 3.49. The van der Waals surface area contributed by atoms with E-state index in [1.165, 1.54) is 12.1 Å². The predicted octanol–water partition coefficient (Wildman–Crippen LogP) is 5.37. The highest BCUT2D eigenvalue weighted by molar-refractivity contribution is 5.81. The third kappa shape index (κ3) is 4.91. The van der Waals surface area contributed by atoms with E-state index in [1.807, 2.05) is 13.8 Å². The fourth-order valence-corrected chi connectivity index (χ4v) is 4.11. The van der Waals surface area contributed by atoms with Crippen LogP contribution in [-0.4, -0.2) is 43.0 Å². The van der Waals surface area contributed by atoms with E-state index in [0.29, 0.717) is 22.7 Å². The van der Waals surface area contributed by atoms with Crippen LogP contribution in [0.1, 0.15) is 63.1 Å². The van der Waals surface area contributed by atoms with Gasteiger partial charge in [0.15, 0.2) is 17.3 Å². The molecule has 0 radical (unpaired) electrons. The van der Waals surface area contributed by atoms with Crippen molar-refractivity contribution in [2.24, 2.45) is 0 Å². The maximum absolute atomic E-state index is 14.7. The largest absolute Gasteiger partial charge is 0.474 e. The van der Waals surface area contributed by atoms with E-state index in [9.17, 15) is 13.2 Å². The highest BCUT2D eigenvalue weighted by Gasteiger charge is 2.29. The van der Waals surface area contributed by atoms with Gasteiger partial charge in [0.05, 0.1) is 11.8 Å². The van der Waals surface area contributed by atoms with Crippen LogP contribution in [0.5, 0.6) is 11.6 Å². The van der Waals surface area contributed by atoms with Crippen molar-refractivity contribution in [2.45, 2.75) is 64.1 Å². The molecule has 1 aliphatic carbocycles. The van der Waals surface area contributed by atoms with Gasteiger partial charge < -0.3 is 14.0 Å². The molecule has 3 heterocycles. The smallest absolute Gasteiger partial charge is 0.387 e. The first-order valence-electron chi connectivity index (χ1n) is 11.3. The summed E-state index contributed by atoms with van der Waals surface area (Å²) < 4.78 is 55.4. The number of H-pyrrole nitrogens is 1. The molecule has 12 heteroatoms. The molecule has 1 aromatic carbocycles. The summed E-state index contributed by atoms with van der Waals surface area (Å²) in [6, 6.07) is 3.39. The fraction of sp³-hybridized carbons (Fsp3) is 0.435. The number of ether oxygens (including phenoxy) is 2. The Balaban J connectivity index is 1.33. The molecular formula is C23H23F3N6O3. The van der Waals surface area contributed by atoms with E-state index in [4.69, 9.17) is 9.26 Å². The third-order valence-corrected chi connectivity index (χ3v) is 5.96. The lowest BCUT2D eigenvalue weighted by Gasteiger charge is -2.26. The van der Waals surface area contributed by atoms with Crippen LogP contribution < -0.4 is 9.47 Å². The van der Waals surface area contributed by atoms with Crippen molar-refractivity contribution in [3.05, 3.63) is 41.9 Å². The maximum Gasteiger partial charge on any atom is 0.387 e. The van der Waals surface area contributed by atoms with Gasteiger partial charge >= 0.3 is 6.61 Å². The molecule has 0 saturated heterocycles. The van der Waals surface area contributed by atoms with Gasteiger partial charge in [0.25, 0.3) is 0 Å². The molecule has 9 nitrogen and oxygen atoms in total. The SMILES string of the molecule is CC(C)c1noc(C2CCC(Oc3nc(-c4ccc(OC(F)F)cc4F)nc4[nH]ncc34)CC2)n1. The van der Waals surface area contributed by atoms with E-state index >= 15 is 0 Å². The molecule has 35 heavy (non-hydrogen) atoms. The van der Waals surface area contributed by atoms with Crippen molar-refractivity contribution >= 4 is 11.0 Å². The van der Waals surface area contributed by atoms with Crippen LogP contribution in [0.25, 0.3) is 22.4 Å². The summed E-state index contributed by atoms with van der Waals surface area (Å²) in [6.45, 7) is 0.984. The molecule has 1 fully saturated rings. The number of hydrogen-bond donors (Lipinski definition) is 1. The van der Waals surface area contributed by atoms with E-state index < -0.39 is 12.4 Å². The Labute approximate surface area is 198 Å². The van der Waals surface area contributed by atoms with Gasteiger partial charge in [-0.1, -0.05) is 19.0 Å². The molecule has 184 valence electrons. The minimum Gasteiger partial charge on any atom is -0.474 e. The molecule has 3 aromatic heterocycles. The van der Waals surface area contributed by atoms with Gasteiger partial charge in [0, 0.05) is 17.9 Å². The highest BCUT2D eigenvalue weighted by Crippen LogP contribution is 2.36. The Morgan fingerprint density at radius 2 is 1.89 bits per heavy atom. The zero-order valence-corrected chi connectivity index (χ0v) is 19.0. The monoisotopic (exact) mass is 488 g/mol. The first-order valence-corrected chi connectivity index (χ1v) is 11.3. The van der Waals surface area contributed by atoms with Gasteiger partial charge in [-0.2, -0.15) is 23.8 Å². The highest BCUT2D eigenvalue weighted by atomic mass is 19.3. The second kappa shape index (κ2) is 9.51. The topological polar surface area (TPSA) is 112 Å². The van der Waals surface area contributed by atoms with Gasteiger partial charge in [-0.15, -0.1) is 0 Å². The summed E-state index contributed by atoms with van der Waals surface area (Å²) in [5, 5.41) is 11.4. The second-order valence-electron chi connectivity index (χ2n) is 8.74.